The molecule has 102 valence electrons. The van der Waals surface area contributed by atoms with Crippen molar-refractivity contribution in [1.82, 2.24) is 0 Å². The number of unbranched alkanes of at least 4 members (excludes halogenated alkanes) is 2. The van der Waals surface area contributed by atoms with E-state index in [2.05, 4.69) is 0 Å². The SMILES string of the molecule is CCCCCC(F)(F)C(F)(F)C(O)(F)C(=O)O. The molecule has 0 aromatic carbocycles. The van der Waals surface area contributed by atoms with Gasteiger partial charge in [-0.25, -0.2) is 4.79 Å². The maximum Gasteiger partial charge on any atom is 0.378 e. The van der Waals surface area contributed by atoms with Gasteiger partial charge in [-0.2, -0.15) is 22.0 Å². The fourth-order valence-corrected chi connectivity index (χ4v) is 1.13. The number of halogens is 5. The molecular weight excluding hydrogens is 251 g/mol. The van der Waals surface area contributed by atoms with Gasteiger partial charge in [0.25, 0.3) is 0 Å². The highest BCUT2D eigenvalue weighted by Gasteiger charge is 2.73. The third-order valence-corrected chi connectivity index (χ3v) is 2.25. The summed E-state index contributed by atoms with van der Waals surface area (Å²) in [5.41, 5.74) is 0. The second kappa shape index (κ2) is 5.16. The van der Waals surface area contributed by atoms with Crippen LogP contribution in [0.5, 0.6) is 0 Å². The number of alkyl halides is 5. The molecule has 0 radical (unpaired) electrons. The summed E-state index contributed by atoms with van der Waals surface area (Å²) in [6.45, 7) is 1.64. The number of carbonyl (C=O) groups is 1. The Labute approximate surface area is 94.2 Å². The van der Waals surface area contributed by atoms with E-state index in [-0.39, 0.29) is 12.8 Å². The summed E-state index contributed by atoms with van der Waals surface area (Å²) in [6, 6.07) is 0. The van der Waals surface area contributed by atoms with Gasteiger partial charge in [-0.1, -0.05) is 19.8 Å². The highest BCUT2D eigenvalue weighted by atomic mass is 19.3. The molecule has 3 nitrogen and oxygen atoms in total. The van der Waals surface area contributed by atoms with E-state index in [9.17, 15) is 26.7 Å². The lowest BCUT2D eigenvalue weighted by atomic mass is 9.98. The van der Waals surface area contributed by atoms with Crippen LogP contribution in [-0.2, 0) is 4.79 Å². The number of carboxylic acid groups (broad SMARTS) is 1. The molecule has 0 bridgehead atoms. The molecule has 0 spiro atoms. The molecule has 0 rings (SSSR count). The molecule has 0 aliphatic heterocycles. The van der Waals surface area contributed by atoms with Crippen molar-refractivity contribution in [3.63, 3.8) is 0 Å². The molecule has 1 unspecified atom stereocenters. The van der Waals surface area contributed by atoms with Crippen molar-refractivity contribution in [2.75, 3.05) is 0 Å². The van der Waals surface area contributed by atoms with E-state index in [0.717, 1.165) is 0 Å². The van der Waals surface area contributed by atoms with Crippen molar-refractivity contribution >= 4 is 5.97 Å². The van der Waals surface area contributed by atoms with Gasteiger partial charge in [0.2, 0.25) is 0 Å². The van der Waals surface area contributed by atoms with Crippen molar-refractivity contribution in [2.45, 2.75) is 50.3 Å². The largest absolute Gasteiger partial charge is 0.477 e. The summed E-state index contributed by atoms with van der Waals surface area (Å²) in [5, 5.41) is 16.3. The topological polar surface area (TPSA) is 57.5 Å². The van der Waals surface area contributed by atoms with Gasteiger partial charge in [0.15, 0.2) is 0 Å². The van der Waals surface area contributed by atoms with Crippen LogP contribution < -0.4 is 0 Å². The van der Waals surface area contributed by atoms with Gasteiger partial charge in [0.05, 0.1) is 0 Å². The zero-order valence-corrected chi connectivity index (χ0v) is 9.02. The molecule has 0 aromatic heterocycles. The zero-order valence-electron chi connectivity index (χ0n) is 9.02. The lowest BCUT2D eigenvalue weighted by molar-refractivity contribution is -0.327. The molecule has 1 atom stereocenters. The molecule has 0 fully saturated rings. The highest BCUT2D eigenvalue weighted by Crippen LogP contribution is 2.46. The van der Waals surface area contributed by atoms with Crippen molar-refractivity contribution in [3.05, 3.63) is 0 Å². The van der Waals surface area contributed by atoms with Crippen LogP contribution in [0.3, 0.4) is 0 Å². The Hall–Kier alpha value is -0.920. The second-order valence-corrected chi connectivity index (χ2v) is 3.66. The second-order valence-electron chi connectivity index (χ2n) is 3.66. The van der Waals surface area contributed by atoms with E-state index in [1.54, 1.807) is 6.92 Å². The van der Waals surface area contributed by atoms with E-state index < -0.39 is 30.1 Å². The zero-order chi connectivity index (χ0) is 13.9. The Morgan fingerprint density at radius 2 is 1.59 bits per heavy atom. The predicted molar refractivity (Wildman–Crippen MR) is 47.7 cm³/mol. The monoisotopic (exact) mass is 264 g/mol. The fraction of sp³-hybridized carbons (Fsp3) is 0.889. The fourth-order valence-electron chi connectivity index (χ4n) is 1.13. The lowest BCUT2D eigenvalue weighted by Crippen LogP contribution is -2.60. The Kier molecular flexibility index (Phi) is 4.88. The van der Waals surface area contributed by atoms with Crippen LogP contribution in [0.4, 0.5) is 22.0 Å². The van der Waals surface area contributed by atoms with Crippen LogP contribution in [0.1, 0.15) is 32.6 Å². The maximum atomic E-state index is 13.0. The summed E-state index contributed by atoms with van der Waals surface area (Å²) in [5.74, 6) is -18.9. The minimum absolute atomic E-state index is 0.212. The van der Waals surface area contributed by atoms with Gasteiger partial charge in [0, 0.05) is 6.42 Å². The minimum atomic E-state index is -5.68. The van der Waals surface area contributed by atoms with Crippen molar-refractivity contribution in [3.8, 4) is 0 Å². The number of aliphatic hydroxyl groups is 1. The molecular formula is C9H13F5O3. The number of aliphatic carboxylic acids is 1. The first-order chi connectivity index (χ1) is 7.50. The maximum absolute atomic E-state index is 13.0. The normalized spacial score (nSPS) is 16.6. The van der Waals surface area contributed by atoms with Crippen LogP contribution in [0, 0.1) is 0 Å². The summed E-state index contributed by atoms with van der Waals surface area (Å²) in [4.78, 5) is 10.0. The van der Waals surface area contributed by atoms with Gasteiger partial charge < -0.3 is 10.2 Å². The summed E-state index contributed by atoms with van der Waals surface area (Å²) >= 11 is 0. The van der Waals surface area contributed by atoms with Crippen molar-refractivity contribution in [1.29, 1.82) is 0 Å². The average molecular weight is 264 g/mol. The minimum Gasteiger partial charge on any atom is -0.477 e. The van der Waals surface area contributed by atoms with Crippen LogP contribution >= 0.6 is 0 Å². The van der Waals surface area contributed by atoms with Gasteiger partial charge in [-0.3, -0.25) is 0 Å². The number of carboxylic acids is 1. The molecule has 2 N–H and O–H groups in total. The molecule has 0 heterocycles. The van der Waals surface area contributed by atoms with Crippen molar-refractivity contribution < 1.29 is 37.0 Å². The van der Waals surface area contributed by atoms with Gasteiger partial charge in [-0.15, -0.1) is 0 Å². The van der Waals surface area contributed by atoms with Crippen LogP contribution in [0.25, 0.3) is 0 Å². The number of hydrogen-bond acceptors (Lipinski definition) is 2. The lowest BCUT2D eigenvalue weighted by Gasteiger charge is -2.31. The molecule has 0 aliphatic carbocycles. The Morgan fingerprint density at radius 3 is 1.94 bits per heavy atom. The highest BCUT2D eigenvalue weighted by molar-refractivity contribution is 5.76. The first kappa shape index (κ1) is 16.1. The van der Waals surface area contributed by atoms with Crippen molar-refractivity contribution in [2.24, 2.45) is 0 Å². The molecule has 17 heavy (non-hydrogen) atoms. The molecule has 0 saturated heterocycles. The third kappa shape index (κ3) is 3.05. The summed E-state index contributed by atoms with van der Waals surface area (Å²) < 4.78 is 64.5. The molecule has 8 heteroatoms. The molecule has 0 aliphatic rings. The smallest absolute Gasteiger partial charge is 0.378 e. The summed E-state index contributed by atoms with van der Waals surface area (Å²) in [7, 11) is 0. The molecule has 0 aromatic rings. The molecule has 0 saturated carbocycles. The average Bonchev–Trinajstić information content (AvgIpc) is 2.17. The van der Waals surface area contributed by atoms with E-state index in [1.807, 2.05) is 0 Å². The van der Waals surface area contributed by atoms with E-state index in [1.165, 1.54) is 0 Å². The van der Waals surface area contributed by atoms with Crippen LogP contribution in [0.2, 0.25) is 0 Å². The third-order valence-electron chi connectivity index (χ3n) is 2.25. The predicted octanol–water partition coefficient (Wildman–Crippen LogP) is 2.58. The first-order valence-electron chi connectivity index (χ1n) is 4.91. The van der Waals surface area contributed by atoms with E-state index in [4.69, 9.17) is 10.2 Å². The van der Waals surface area contributed by atoms with E-state index in [0.29, 0.717) is 6.42 Å². The Morgan fingerprint density at radius 1 is 1.12 bits per heavy atom. The quantitative estimate of drug-likeness (QED) is 0.549. The van der Waals surface area contributed by atoms with E-state index >= 15 is 0 Å². The Bertz CT molecular complexity index is 278. The first-order valence-corrected chi connectivity index (χ1v) is 4.91. The summed E-state index contributed by atoms with van der Waals surface area (Å²) in [6.07, 6.45) is -1.04. The van der Waals surface area contributed by atoms with Gasteiger partial charge >= 0.3 is 23.7 Å². The van der Waals surface area contributed by atoms with Gasteiger partial charge in [-0.05, 0) is 6.42 Å². The Balaban J connectivity index is 4.95. The van der Waals surface area contributed by atoms with Crippen LogP contribution in [0.15, 0.2) is 0 Å². The molecule has 0 amide bonds. The number of rotatable bonds is 7. The standard InChI is InChI=1S/C9H13F5O3/c1-2-3-4-5-7(10,11)9(13,14)8(12,17)6(15)16/h17H,2-5H2,1H3,(H,15,16). The van der Waals surface area contributed by atoms with Gasteiger partial charge in [0.1, 0.15) is 0 Å². The number of hydrogen-bond donors (Lipinski definition) is 2. The van der Waals surface area contributed by atoms with Crippen LogP contribution in [-0.4, -0.2) is 33.9 Å².